The van der Waals surface area contributed by atoms with E-state index in [2.05, 4.69) is 9.97 Å². The Labute approximate surface area is 134 Å². The second kappa shape index (κ2) is 5.96. The molecule has 2 aromatic rings. The average molecular weight is 312 g/mol. The molecule has 1 N–H and O–H groups in total. The Bertz CT molecular complexity index is 799. The zero-order chi connectivity index (χ0) is 16.6. The molecule has 1 aliphatic rings. The molecule has 1 aromatic heterocycles. The number of hydrogen-bond acceptors (Lipinski definition) is 4. The van der Waals surface area contributed by atoms with E-state index in [1.165, 1.54) is 6.07 Å². The molecule has 0 fully saturated rings. The van der Waals surface area contributed by atoms with Gasteiger partial charge in [-0.1, -0.05) is 18.2 Å². The second-order valence-electron chi connectivity index (χ2n) is 5.93. The van der Waals surface area contributed by atoms with Gasteiger partial charge in [-0.25, -0.2) is 4.98 Å². The van der Waals surface area contributed by atoms with Gasteiger partial charge in [0.25, 0.3) is 5.56 Å². The molecule has 120 valence electrons. The van der Waals surface area contributed by atoms with Crippen molar-refractivity contribution in [3.8, 4) is 0 Å². The van der Waals surface area contributed by atoms with Crippen LogP contribution in [0.25, 0.3) is 0 Å². The smallest absolute Gasteiger partial charge is 0.251 e. The largest absolute Gasteiger partial charge is 0.314 e. The van der Waals surface area contributed by atoms with Crippen LogP contribution in [0.15, 0.2) is 35.1 Å². The lowest BCUT2D eigenvalue weighted by Crippen LogP contribution is -2.37. The molecule has 0 spiro atoms. The van der Waals surface area contributed by atoms with Gasteiger partial charge in [0.05, 0.1) is 12.6 Å². The fourth-order valence-corrected chi connectivity index (χ4v) is 2.91. The molecule has 0 saturated heterocycles. The number of carbonyl (C=O) groups excluding carboxylic acids is 1. The number of amides is 1. The number of para-hydroxylation sites is 1. The second-order valence-corrected chi connectivity index (χ2v) is 5.93. The third-order valence-corrected chi connectivity index (χ3v) is 4.27. The minimum absolute atomic E-state index is 0.0248. The van der Waals surface area contributed by atoms with E-state index in [4.69, 9.17) is 0 Å². The van der Waals surface area contributed by atoms with Gasteiger partial charge in [0.15, 0.2) is 0 Å². The van der Waals surface area contributed by atoms with Gasteiger partial charge in [-0.3, -0.25) is 14.5 Å². The number of aromatic amines is 1. The summed E-state index contributed by atoms with van der Waals surface area (Å²) in [6.45, 7) is 4.66. The number of hydrogen-bond donors (Lipinski definition) is 1. The third kappa shape index (κ3) is 3.03. The fraction of sp³-hybridized carbons (Fsp3) is 0.353. The van der Waals surface area contributed by atoms with Crippen LogP contribution in [-0.2, 0) is 11.3 Å². The summed E-state index contributed by atoms with van der Waals surface area (Å²) in [6, 6.07) is 9.18. The van der Waals surface area contributed by atoms with E-state index in [-0.39, 0.29) is 24.1 Å². The van der Waals surface area contributed by atoms with Crippen molar-refractivity contribution >= 4 is 11.6 Å². The maximum atomic E-state index is 12.4. The quantitative estimate of drug-likeness (QED) is 0.915. The topological polar surface area (TPSA) is 69.3 Å². The number of likely N-dealkylation sites (N-methyl/N-ethyl adjacent to an activating group) is 1. The number of fused-ring (bicyclic) bond motifs is 1. The number of aromatic nitrogens is 2. The van der Waals surface area contributed by atoms with Crippen LogP contribution < -0.4 is 10.5 Å². The number of anilines is 1. The van der Waals surface area contributed by atoms with Crippen LogP contribution in [0.1, 0.15) is 30.0 Å². The number of H-pyrrole nitrogens is 1. The Balaban J connectivity index is 1.97. The lowest BCUT2D eigenvalue weighted by atomic mass is 10.1. The molecule has 6 heteroatoms. The molecule has 23 heavy (non-hydrogen) atoms. The zero-order valence-electron chi connectivity index (χ0n) is 13.5. The van der Waals surface area contributed by atoms with Crippen LogP contribution in [0.2, 0.25) is 0 Å². The molecule has 0 radical (unpaired) electrons. The highest BCUT2D eigenvalue weighted by Crippen LogP contribution is 2.28. The maximum Gasteiger partial charge on any atom is 0.251 e. The first-order chi connectivity index (χ1) is 11.0. The van der Waals surface area contributed by atoms with Crippen LogP contribution in [-0.4, -0.2) is 34.4 Å². The van der Waals surface area contributed by atoms with E-state index in [0.29, 0.717) is 18.1 Å². The molecule has 1 atom stereocenters. The summed E-state index contributed by atoms with van der Waals surface area (Å²) in [6.07, 6.45) is 0. The lowest BCUT2D eigenvalue weighted by Gasteiger charge is -2.26. The molecule has 0 bridgehead atoms. The normalized spacial score (nSPS) is 16.8. The Morgan fingerprint density at radius 1 is 1.22 bits per heavy atom. The van der Waals surface area contributed by atoms with Crippen molar-refractivity contribution in [2.75, 3.05) is 18.5 Å². The molecule has 0 saturated carbocycles. The van der Waals surface area contributed by atoms with E-state index in [9.17, 15) is 9.59 Å². The van der Waals surface area contributed by atoms with Crippen molar-refractivity contribution in [2.24, 2.45) is 0 Å². The van der Waals surface area contributed by atoms with E-state index in [1.807, 2.05) is 36.1 Å². The molecular weight excluding hydrogens is 292 g/mol. The van der Waals surface area contributed by atoms with Crippen molar-refractivity contribution in [1.82, 2.24) is 14.9 Å². The highest BCUT2D eigenvalue weighted by molar-refractivity contribution is 5.95. The first kappa shape index (κ1) is 15.4. The Hall–Kier alpha value is -2.47. The molecule has 0 aliphatic carbocycles. The standard InChI is InChI=1S/C17H20N4O2/c1-11-8-15(22)19-17(18-11)12(2)21-9-13-6-4-5-7-14(13)20(3)16(23)10-21/h4-8,12H,9-10H2,1-3H3,(H,18,19,22). The lowest BCUT2D eigenvalue weighted by molar-refractivity contribution is -0.119. The highest BCUT2D eigenvalue weighted by atomic mass is 16.2. The van der Waals surface area contributed by atoms with Crippen molar-refractivity contribution in [3.63, 3.8) is 0 Å². The molecule has 1 unspecified atom stereocenters. The first-order valence-electron chi connectivity index (χ1n) is 7.62. The van der Waals surface area contributed by atoms with Crippen LogP contribution in [0.4, 0.5) is 5.69 Å². The van der Waals surface area contributed by atoms with E-state index < -0.39 is 0 Å². The zero-order valence-corrected chi connectivity index (χ0v) is 13.5. The number of rotatable bonds is 2. The fourth-order valence-electron chi connectivity index (χ4n) is 2.91. The van der Waals surface area contributed by atoms with Gasteiger partial charge in [-0.15, -0.1) is 0 Å². The summed E-state index contributed by atoms with van der Waals surface area (Å²) in [5.41, 5.74) is 2.52. The SMILES string of the molecule is Cc1cc(=O)[nH]c(C(C)N2CC(=O)N(C)c3ccccc3C2)n1. The van der Waals surface area contributed by atoms with E-state index in [1.54, 1.807) is 18.9 Å². The average Bonchev–Trinajstić information content (AvgIpc) is 2.64. The predicted molar refractivity (Wildman–Crippen MR) is 88.3 cm³/mol. The van der Waals surface area contributed by atoms with Crippen LogP contribution in [0.3, 0.4) is 0 Å². The van der Waals surface area contributed by atoms with Gasteiger partial charge in [0.2, 0.25) is 5.91 Å². The van der Waals surface area contributed by atoms with Crippen molar-refractivity contribution in [3.05, 3.63) is 57.8 Å². The number of carbonyl (C=O) groups is 1. The number of aryl methyl sites for hydroxylation is 1. The third-order valence-electron chi connectivity index (χ3n) is 4.27. The maximum absolute atomic E-state index is 12.4. The van der Waals surface area contributed by atoms with Crippen LogP contribution in [0, 0.1) is 6.92 Å². The monoisotopic (exact) mass is 312 g/mol. The summed E-state index contributed by atoms with van der Waals surface area (Å²) in [5.74, 6) is 0.613. The predicted octanol–water partition coefficient (Wildman–Crippen LogP) is 1.62. The summed E-state index contributed by atoms with van der Waals surface area (Å²) in [7, 11) is 1.79. The van der Waals surface area contributed by atoms with Gasteiger partial charge < -0.3 is 9.88 Å². The Morgan fingerprint density at radius 3 is 2.70 bits per heavy atom. The Morgan fingerprint density at radius 2 is 1.96 bits per heavy atom. The number of nitrogens with zero attached hydrogens (tertiary/aromatic N) is 3. The molecule has 3 rings (SSSR count). The van der Waals surface area contributed by atoms with Gasteiger partial charge in [0, 0.05) is 31.0 Å². The van der Waals surface area contributed by atoms with Gasteiger partial charge in [0.1, 0.15) is 5.82 Å². The minimum Gasteiger partial charge on any atom is -0.314 e. The molecular formula is C17H20N4O2. The highest BCUT2D eigenvalue weighted by Gasteiger charge is 2.28. The Kier molecular flexibility index (Phi) is 4.00. The summed E-state index contributed by atoms with van der Waals surface area (Å²) in [4.78, 5) is 35.1. The molecule has 2 heterocycles. The van der Waals surface area contributed by atoms with E-state index >= 15 is 0 Å². The minimum atomic E-state index is -0.169. The van der Waals surface area contributed by atoms with E-state index in [0.717, 1.165) is 11.3 Å². The van der Waals surface area contributed by atoms with Crippen molar-refractivity contribution < 1.29 is 4.79 Å². The molecule has 1 aromatic carbocycles. The molecule has 6 nitrogen and oxygen atoms in total. The van der Waals surface area contributed by atoms with Crippen LogP contribution >= 0.6 is 0 Å². The summed E-state index contributed by atoms with van der Waals surface area (Å²) >= 11 is 0. The first-order valence-corrected chi connectivity index (χ1v) is 7.62. The van der Waals surface area contributed by atoms with Gasteiger partial charge >= 0.3 is 0 Å². The van der Waals surface area contributed by atoms with Crippen molar-refractivity contribution in [1.29, 1.82) is 0 Å². The van der Waals surface area contributed by atoms with Gasteiger partial charge in [-0.2, -0.15) is 0 Å². The van der Waals surface area contributed by atoms with Crippen molar-refractivity contribution in [2.45, 2.75) is 26.4 Å². The number of benzene rings is 1. The van der Waals surface area contributed by atoms with Crippen LogP contribution in [0.5, 0.6) is 0 Å². The molecule has 1 aliphatic heterocycles. The summed E-state index contributed by atoms with van der Waals surface area (Å²) < 4.78 is 0. The summed E-state index contributed by atoms with van der Waals surface area (Å²) in [5, 5.41) is 0. The molecule has 1 amide bonds. The number of nitrogens with one attached hydrogen (secondary N) is 1. The van der Waals surface area contributed by atoms with Gasteiger partial charge in [-0.05, 0) is 25.5 Å².